The molecule has 19 heavy (non-hydrogen) atoms. The van der Waals surface area contributed by atoms with E-state index in [-0.39, 0.29) is 0 Å². The third-order valence-corrected chi connectivity index (χ3v) is 5.56. The Hall–Kier alpha value is -0.460. The topological polar surface area (TPSA) is 9.23 Å². The van der Waals surface area contributed by atoms with Gasteiger partial charge in [0.15, 0.2) is 0 Å². The molecular formula is C18H32O. The number of hydrogen-bond donors (Lipinski definition) is 0. The Labute approximate surface area is 119 Å². The molecule has 2 rings (SSSR count). The van der Waals surface area contributed by atoms with Crippen LogP contribution in [-0.4, -0.2) is 7.11 Å². The van der Waals surface area contributed by atoms with E-state index < -0.39 is 0 Å². The lowest BCUT2D eigenvalue weighted by atomic mass is 9.69. The molecule has 0 aromatic heterocycles. The zero-order valence-corrected chi connectivity index (χ0v) is 12.9. The van der Waals surface area contributed by atoms with E-state index >= 15 is 0 Å². The monoisotopic (exact) mass is 264 g/mol. The van der Waals surface area contributed by atoms with Crippen molar-refractivity contribution in [3.8, 4) is 0 Å². The van der Waals surface area contributed by atoms with Crippen molar-refractivity contribution < 1.29 is 4.74 Å². The van der Waals surface area contributed by atoms with Crippen molar-refractivity contribution in [2.24, 2.45) is 23.7 Å². The molecule has 2 aliphatic carbocycles. The summed E-state index contributed by atoms with van der Waals surface area (Å²) in [6, 6.07) is 0. The molecule has 0 amide bonds. The van der Waals surface area contributed by atoms with E-state index in [0.29, 0.717) is 0 Å². The average molecular weight is 264 g/mol. The summed E-state index contributed by atoms with van der Waals surface area (Å²) in [6.45, 7) is 2.33. The summed E-state index contributed by atoms with van der Waals surface area (Å²) in [5, 5.41) is 0. The van der Waals surface area contributed by atoms with Crippen LogP contribution in [0.3, 0.4) is 0 Å². The number of hydrogen-bond acceptors (Lipinski definition) is 1. The van der Waals surface area contributed by atoms with Crippen molar-refractivity contribution in [2.45, 2.75) is 71.1 Å². The number of ether oxygens (including phenoxy) is 1. The Kier molecular flexibility index (Phi) is 6.26. The number of methoxy groups -OCH3 is 1. The van der Waals surface area contributed by atoms with E-state index in [1.54, 1.807) is 7.11 Å². The molecule has 0 spiro atoms. The number of rotatable bonds is 5. The first-order valence-corrected chi connectivity index (χ1v) is 8.53. The summed E-state index contributed by atoms with van der Waals surface area (Å²) in [6.07, 6.45) is 18.8. The van der Waals surface area contributed by atoms with Crippen LogP contribution in [0.2, 0.25) is 0 Å². The molecule has 110 valence electrons. The average Bonchev–Trinajstić information content (AvgIpc) is 2.47. The van der Waals surface area contributed by atoms with Crippen LogP contribution in [0.25, 0.3) is 0 Å². The fourth-order valence-electron chi connectivity index (χ4n) is 4.36. The molecular weight excluding hydrogens is 232 g/mol. The number of allylic oxidation sites excluding steroid dienone is 1. The smallest absolute Gasteiger partial charge is 0.0787 e. The molecule has 2 saturated carbocycles. The standard InChI is InChI=1S/C18H32O/c1-3-4-15-5-9-17(10-6-15)18-11-7-16(8-12-18)13-14-19-2/h13-18H,3-12H2,1-2H3/t15-,16-,17-,18-. The molecule has 0 aromatic rings. The molecule has 0 aliphatic heterocycles. The van der Waals surface area contributed by atoms with Crippen LogP contribution < -0.4 is 0 Å². The van der Waals surface area contributed by atoms with Crippen molar-refractivity contribution >= 4 is 0 Å². The van der Waals surface area contributed by atoms with Crippen LogP contribution in [0.1, 0.15) is 71.1 Å². The van der Waals surface area contributed by atoms with Gasteiger partial charge in [-0.05, 0) is 68.3 Å². The van der Waals surface area contributed by atoms with Gasteiger partial charge >= 0.3 is 0 Å². The Balaban J connectivity index is 1.69. The molecule has 2 fully saturated rings. The maximum absolute atomic E-state index is 5.04. The van der Waals surface area contributed by atoms with Crippen LogP contribution in [0.5, 0.6) is 0 Å². The first-order chi connectivity index (χ1) is 9.33. The summed E-state index contributed by atoms with van der Waals surface area (Å²) in [7, 11) is 1.75. The summed E-state index contributed by atoms with van der Waals surface area (Å²) >= 11 is 0. The predicted octanol–water partition coefficient (Wildman–Crippen LogP) is 5.56. The van der Waals surface area contributed by atoms with Gasteiger partial charge < -0.3 is 4.74 Å². The largest absolute Gasteiger partial charge is 0.505 e. The third kappa shape index (κ3) is 4.54. The Morgan fingerprint density at radius 2 is 1.47 bits per heavy atom. The van der Waals surface area contributed by atoms with Gasteiger partial charge in [0.25, 0.3) is 0 Å². The minimum Gasteiger partial charge on any atom is -0.505 e. The SMILES string of the molecule is CCC[C@H]1CC[C@H]([C@H]2CC[C@H](C=COC)CC2)CC1. The minimum atomic E-state index is 0.785. The van der Waals surface area contributed by atoms with E-state index in [1.165, 1.54) is 64.2 Å². The predicted molar refractivity (Wildman–Crippen MR) is 82.0 cm³/mol. The van der Waals surface area contributed by atoms with Crippen LogP contribution in [-0.2, 0) is 4.74 Å². The zero-order chi connectivity index (χ0) is 13.5. The molecule has 0 N–H and O–H groups in total. The molecule has 1 heteroatoms. The van der Waals surface area contributed by atoms with E-state index in [2.05, 4.69) is 13.0 Å². The second-order valence-corrected chi connectivity index (χ2v) is 6.81. The quantitative estimate of drug-likeness (QED) is 0.591. The van der Waals surface area contributed by atoms with Crippen molar-refractivity contribution in [3.63, 3.8) is 0 Å². The lowest BCUT2D eigenvalue weighted by molar-refractivity contribution is 0.151. The Morgan fingerprint density at radius 3 is 2.00 bits per heavy atom. The normalized spacial score (nSPS) is 36.5. The Bertz CT molecular complexity index is 255. The molecule has 0 atom stereocenters. The van der Waals surface area contributed by atoms with E-state index in [4.69, 9.17) is 4.74 Å². The van der Waals surface area contributed by atoms with E-state index in [0.717, 1.165) is 23.7 Å². The van der Waals surface area contributed by atoms with E-state index in [1.807, 2.05) is 6.26 Å². The lowest BCUT2D eigenvalue weighted by Crippen LogP contribution is -2.25. The zero-order valence-electron chi connectivity index (χ0n) is 12.9. The fourth-order valence-corrected chi connectivity index (χ4v) is 4.36. The fraction of sp³-hybridized carbons (Fsp3) is 0.889. The van der Waals surface area contributed by atoms with Gasteiger partial charge in [-0.25, -0.2) is 0 Å². The van der Waals surface area contributed by atoms with Crippen LogP contribution >= 0.6 is 0 Å². The first kappa shape index (κ1) is 14.9. The highest BCUT2D eigenvalue weighted by Crippen LogP contribution is 2.42. The highest BCUT2D eigenvalue weighted by atomic mass is 16.5. The molecule has 0 bridgehead atoms. The Morgan fingerprint density at radius 1 is 0.895 bits per heavy atom. The second-order valence-electron chi connectivity index (χ2n) is 6.81. The molecule has 0 unspecified atom stereocenters. The van der Waals surface area contributed by atoms with Gasteiger partial charge in [0.05, 0.1) is 13.4 Å². The molecule has 2 aliphatic rings. The highest BCUT2D eigenvalue weighted by Gasteiger charge is 2.29. The molecule has 0 heterocycles. The summed E-state index contributed by atoms with van der Waals surface area (Å²) in [5.41, 5.74) is 0. The van der Waals surface area contributed by atoms with Gasteiger partial charge in [0, 0.05) is 0 Å². The van der Waals surface area contributed by atoms with Gasteiger partial charge in [0.1, 0.15) is 0 Å². The lowest BCUT2D eigenvalue weighted by Gasteiger charge is -2.37. The van der Waals surface area contributed by atoms with Crippen molar-refractivity contribution in [1.29, 1.82) is 0 Å². The van der Waals surface area contributed by atoms with Gasteiger partial charge in [-0.3, -0.25) is 0 Å². The van der Waals surface area contributed by atoms with Crippen molar-refractivity contribution in [3.05, 3.63) is 12.3 Å². The summed E-state index contributed by atoms with van der Waals surface area (Å²) < 4.78 is 5.04. The summed E-state index contributed by atoms with van der Waals surface area (Å²) in [5.74, 6) is 3.94. The summed E-state index contributed by atoms with van der Waals surface area (Å²) in [4.78, 5) is 0. The first-order valence-electron chi connectivity index (χ1n) is 8.53. The van der Waals surface area contributed by atoms with Crippen LogP contribution in [0.4, 0.5) is 0 Å². The maximum atomic E-state index is 5.04. The van der Waals surface area contributed by atoms with Gasteiger partial charge in [0.2, 0.25) is 0 Å². The molecule has 1 nitrogen and oxygen atoms in total. The third-order valence-electron chi connectivity index (χ3n) is 5.56. The van der Waals surface area contributed by atoms with Crippen LogP contribution in [0, 0.1) is 23.7 Å². The van der Waals surface area contributed by atoms with Crippen LogP contribution in [0.15, 0.2) is 12.3 Å². The van der Waals surface area contributed by atoms with Gasteiger partial charge in [-0.15, -0.1) is 0 Å². The maximum Gasteiger partial charge on any atom is 0.0787 e. The molecule has 0 radical (unpaired) electrons. The van der Waals surface area contributed by atoms with Crippen molar-refractivity contribution in [2.75, 3.05) is 7.11 Å². The molecule has 0 saturated heterocycles. The van der Waals surface area contributed by atoms with Crippen molar-refractivity contribution in [1.82, 2.24) is 0 Å². The second kappa shape index (κ2) is 7.97. The van der Waals surface area contributed by atoms with Gasteiger partial charge in [-0.1, -0.05) is 32.6 Å². The molecule has 0 aromatic carbocycles. The van der Waals surface area contributed by atoms with Gasteiger partial charge in [-0.2, -0.15) is 0 Å². The van der Waals surface area contributed by atoms with E-state index in [9.17, 15) is 0 Å². The highest BCUT2D eigenvalue weighted by molar-refractivity contribution is 4.89. The minimum absolute atomic E-state index is 0.785.